The molecule has 1 amide bonds. The molecule has 2 N–H and O–H groups in total. The number of nitrogens with zero attached hydrogens (tertiary/aromatic N) is 2. The summed E-state index contributed by atoms with van der Waals surface area (Å²) >= 11 is 0. The minimum Gasteiger partial charge on any atom is -0.424 e. The van der Waals surface area contributed by atoms with Crippen LogP contribution in [0, 0.1) is 20.8 Å². The maximum absolute atomic E-state index is 12.8. The molecule has 0 radical (unpaired) electrons. The van der Waals surface area contributed by atoms with Gasteiger partial charge in [0.25, 0.3) is 15.9 Å². The molecule has 0 aliphatic rings. The zero-order valence-corrected chi connectivity index (χ0v) is 20.3. The maximum Gasteiger partial charge on any atom is 0.321 e. The van der Waals surface area contributed by atoms with Gasteiger partial charge in [-0.15, -0.1) is 0 Å². The lowest BCUT2D eigenvalue weighted by Gasteiger charge is -2.12. The highest BCUT2D eigenvalue weighted by Gasteiger charge is 2.17. The van der Waals surface area contributed by atoms with Crippen molar-refractivity contribution in [3.63, 3.8) is 0 Å². The third kappa shape index (κ3) is 5.82. The lowest BCUT2D eigenvalue weighted by Crippen LogP contribution is -2.15. The molecule has 4 aromatic rings. The number of aromatic nitrogens is 2. The molecular formula is C26H24N4O4S. The van der Waals surface area contributed by atoms with Crippen molar-refractivity contribution in [2.75, 3.05) is 10.0 Å². The Morgan fingerprint density at radius 3 is 2.26 bits per heavy atom. The number of nitrogens with one attached hydrogen (secondary N) is 2. The first-order chi connectivity index (χ1) is 16.7. The number of hydrogen-bond acceptors (Lipinski definition) is 6. The van der Waals surface area contributed by atoms with Gasteiger partial charge in [0, 0.05) is 29.3 Å². The lowest BCUT2D eigenvalue weighted by atomic mass is 10.1. The molecule has 0 bridgehead atoms. The molecule has 1 heterocycles. The summed E-state index contributed by atoms with van der Waals surface area (Å²) in [6.45, 7) is 5.43. The van der Waals surface area contributed by atoms with Gasteiger partial charge in [0.1, 0.15) is 5.75 Å². The van der Waals surface area contributed by atoms with Gasteiger partial charge in [0.05, 0.1) is 4.90 Å². The van der Waals surface area contributed by atoms with Crippen molar-refractivity contribution >= 4 is 27.3 Å². The molecule has 0 atom stereocenters. The fraction of sp³-hybridized carbons (Fsp3) is 0.115. The van der Waals surface area contributed by atoms with Gasteiger partial charge in [0.2, 0.25) is 0 Å². The molecule has 0 spiro atoms. The van der Waals surface area contributed by atoms with E-state index in [0.29, 0.717) is 28.3 Å². The first kappa shape index (κ1) is 23.9. The number of amides is 1. The minimum atomic E-state index is -3.75. The Kier molecular flexibility index (Phi) is 6.79. The number of benzene rings is 3. The fourth-order valence-electron chi connectivity index (χ4n) is 3.37. The van der Waals surface area contributed by atoms with E-state index < -0.39 is 10.0 Å². The number of anilines is 2. The predicted octanol–water partition coefficient (Wildman–Crippen LogP) is 5.25. The van der Waals surface area contributed by atoms with Crippen molar-refractivity contribution < 1.29 is 17.9 Å². The van der Waals surface area contributed by atoms with Crippen molar-refractivity contribution in [3.05, 3.63) is 101 Å². The summed E-state index contributed by atoms with van der Waals surface area (Å²) in [6.07, 6.45) is 3.17. The Balaban J connectivity index is 1.43. The summed E-state index contributed by atoms with van der Waals surface area (Å²) in [5, 5.41) is 2.86. The molecule has 35 heavy (non-hydrogen) atoms. The highest BCUT2D eigenvalue weighted by Crippen LogP contribution is 2.25. The summed E-state index contributed by atoms with van der Waals surface area (Å²) in [6, 6.07) is 18.7. The smallest absolute Gasteiger partial charge is 0.321 e. The predicted molar refractivity (Wildman–Crippen MR) is 134 cm³/mol. The molecule has 0 aliphatic heterocycles. The van der Waals surface area contributed by atoms with Crippen molar-refractivity contribution in [3.8, 4) is 11.8 Å². The van der Waals surface area contributed by atoms with Gasteiger partial charge in [0.15, 0.2) is 0 Å². The van der Waals surface area contributed by atoms with Crippen LogP contribution in [-0.2, 0) is 10.0 Å². The fourth-order valence-corrected chi connectivity index (χ4v) is 4.76. The second-order valence-corrected chi connectivity index (χ2v) is 9.67. The monoisotopic (exact) mass is 488 g/mol. The number of hydrogen-bond donors (Lipinski definition) is 2. The van der Waals surface area contributed by atoms with Crippen molar-refractivity contribution in [1.82, 2.24) is 9.97 Å². The SMILES string of the molecule is Cc1ccc(C)c(S(=O)(=O)Nc2ccc(C(=O)Nc3ccc(Oc4ncccn4)cc3C)cc2)c1. The van der Waals surface area contributed by atoms with Crippen LogP contribution in [-0.4, -0.2) is 24.3 Å². The van der Waals surface area contributed by atoms with Crippen LogP contribution in [0.3, 0.4) is 0 Å². The molecule has 9 heteroatoms. The zero-order valence-electron chi connectivity index (χ0n) is 19.4. The van der Waals surface area contributed by atoms with Gasteiger partial charge in [-0.25, -0.2) is 18.4 Å². The number of carbonyl (C=O) groups excluding carboxylic acids is 1. The van der Waals surface area contributed by atoms with Gasteiger partial charge in [-0.3, -0.25) is 9.52 Å². The summed E-state index contributed by atoms with van der Waals surface area (Å²) in [7, 11) is -3.75. The summed E-state index contributed by atoms with van der Waals surface area (Å²) in [4.78, 5) is 21.0. The molecular weight excluding hydrogens is 464 g/mol. The standard InChI is InChI=1S/C26H24N4O4S/c1-17-5-6-18(2)24(15-17)35(32,33)30-21-9-7-20(8-10-21)25(31)29-23-12-11-22(16-19(23)3)34-26-27-13-4-14-28-26/h4-16,30H,1-3H3,(H,29,31). The number of carbonyl (C=O) groups is 1. The average molecular weight is 489 g/mol. The Morgan fingerprint density at radius 1 is 0.857 bits per heavy atom. The molecule has 178 valence electrons. The normalized spacial score (nSPS) is 11.1. The Bertz CT molecular complexity index is 1470. The van der Waals surface area contributed by atoms with Crippen molar-refractivity contribution in [2.45, 2.75) is 25.7 Å². The van der Waals surface area contributed by atoms with E-state index in [1.807, 2.05) is 19.9 Å². The van der Waals surface area contributed by atoms with Gasteiger partial charge < -0.3 is 10.1 Å². The highest BCUT2D eigenvalue weighted by molar-refractivity contribution is 7.92. The molecule has 4 rings (SSSR count). The van der Waals surface area contributed by atoms with E-state index in [1.54, 1.807) is 80.0 Å². The van der Waals surface area contributed by atoms with E-state index in [-0.39, 0.29) is 16.8 Å². The molecule has 1 aromatic heterocycles. The number of aryl methyl sites for hydroxylation is 3. The van der Waals surface area contributed by atoms with E-state index in [0.717, 1.165) is 11.1 Å². The van der Waals surface area contributed by atoms with Crippen LogP contribution < -0.4 is 14.8 Å². The van der Waals surface area contributed by atoms with Crippen molar-refractivity contribution in [1.29, 1.82) is 0 Å². The minimum absolute atomic E-state index is 0.223. The largest absolute Gasteiger partial charge is 0.424 e. The molecule has 0 fully saturated rings. The molecule has 0 unspecified atom stereocenters. The van der Waals surface area contributed by atoms with Gasteiger partial charge in [-0.2, -0.15) is 0 Å². The number of ether oxygens (including phenoxy) is 1. The van der Waals surface area contributed by atoms with Crippen LogP contribution in [0.15, 0.2) is 84.0 Å². The van der Waals surface area contributed by atoms with E-state index in [9.17, 15) is 13.2 Å². The van der Waals surface area contributed by atoms with E-state index in [4.69, 9.17) is 4.74 Å². The van der Waals surface area contributed by atoms with Crippen LogP contribution >= 0.6 is 0 Å². The lowest BCUT2D eigenvalue weighted by molar-refractivity contribution is 0.102. The van der Waals surface area contributed by atoms with Crippen molar-refractivity contribution in [2.24, 2.45) is 0 Å². The number of sulfonamides is 1. The summed E-state index contributed by atoms with van der Waals surface area (Å²) < 4.78 is 33.8. The van der Waals surface area contributed by atoms with Crippen LogP contribution in [0.25, 0.3) is 0 Å². The first-order valence-corrected chi connectivity index (χ1v) is 12.3. The van der Waals surface area contributed by atoms with Gasteiger partial charge >= 0.3 is 6.01 Å². The Hall–Kier alpha value is -4.24. The summed E-state index contributed by atoms with van der Waals surface area (Å²) in [5.74, 6) is 0.226. The van der Waals surface area contributed by atoms with Gasteiger partial charge in [-0.1, -0.05) is 12.1 Å². The highest BCUT2D eigenvalue weighted by atomic mass is 32.2. The van der Waals surface area contributed by atoms with Crippen LogP contribution in [0.4, 0.5) is 11.4 Å². The van der Waals surface area contributed by atoms with E-state index in [1.165, 1.54) is 0 Å². The maximum atomic E-state index is 12.8. The molecule has 0 saturated carbocycles. The molecule has 0 aliphatic carbocycles. The first-order valence-electron chi connectivity index (χ1n) is 10.8. The molecule has 3 aromatic carbocycles. The quantitative estimate of drug-likeness (QED) is 0.368. The number of rotatable bonds is 7. The van der Waals surface area contributed by atoms with Gasteiger partial charge in [-0.05, 0) is 92.1 Å². The zero-order chi connectivity index (χ0) is 25.0. The topological polar surface area (TPSA) is 110 Å². The summed E-state index contributed by atoms with van der Waals surface area (Å²) in [5.41, 5.74) is 3.68. The molecule has 0 saturated heterocycles. The Labute approximate surface area is 204 Å². The van der Waals surface area contributed by atoms with E-state index in [2.05, 4.69) is 20.0 Å². The van der Waals surface area contributed by atoms with Crippen LogP contribution in [0.2, 0.25) is 0 Å². The average Bonchev–Trinajstić information content (AvgIpc) is 2.83. The van der Waals surface area contributed by atoms with Crippen LogP contribution in [0.5, 0.6) is 11.8 Å². The second-order valence-electron chi connectivity index (χ2n) is 8.02. The second kappa shape index (κ2) is 9.94. The third-order valence-corrected chi connectivity index (χ3v) is 6.75. The van der Waals surface area contributed by atoms with Crippen LogP contribution in [0.1, 0.15) is 27.0 Å². The third-order valence-electron chi connectivity index (χ3n) is 5.23. The Morgan fingerprint density at radius 2 is 1.57 bits per heavy atom. The van der Waals surface area contributed by atoms with E-state index >= 15 is 0 Å². The molecule has 8 nitrogen and oxygen atoms in total.